The average molecular weight is 195 g/mol. The maximum atomic E-state index is 10.9. The van der Waals surface area contributed by atoms with Gasteiger partial charge in [-0.1, -0.05) is 0 Å². The Kier molecular flexibility index (Phi) is 2.91. The molecule has 0 aromatic carbocycles. The average Bonchev–Trinajstić information content (AvgIpc) is 2.32. The Morgan fingerprint density at radius 2 is 2.45 bits per heavy atom. The molecule has 64 valence electrons. The Hall–Kier alpha value is -0.0700. The summed E-state index contributed by atoms with van der Waals surface area (Å²) in [6.07, 6.45) is 1.50. The van der Waals surface area contributed by atoms with Crippen molar-refractivity contribution in [3.63, 3.8) is 0 Å². The van der Waals surface area contributed by atoms with Gasteiger partial charge in [-0.15, -0.1) is 11.8 Å². The van der Waals surface area contributed by atoms with Gasteiger partial charge in [0.1, 0.15) is 6.04 Å². The van der Waals surface area contributed by atoms with Crippen molar-refractivity contribution in [2.45, 2.75) is 6.04 Å². The molecule has 0 spiro atoms. The van der Waals surface area contributed by atoms with E-state index in [9.17, 15) is 9.00 Å². The molecule has 0 amide bonds. The largest absolute Gasteiger partial charge is 0.480 e. The van der Waals surface area contributed by atoms with Gasteiger partial charge in [0.05, 0.1) is 16.9 Å². The highest BCUT2D eigenvalue weighted by Crippen LogP contribution is 2.21. The molecule has 11 heavy (non-hydrogen) atoms. The van der Waals surface area contributed by atoms with E-state index in [-0.39, 0.29) is 0 Å². The van der Waals surface area contributed by atoms with Crippen molar-refractivity contribution in [1.29, 1.82) is 0 Å². The lowest BCUT2D eigenvalue weighted by molar-refractivity contribution is -0.140. The summed E-state index contributed by atoms with van der Waals surface area (Å²) in [7, 11) is -1.16. The van der Waals surface area contributed by atoms with E-state index in [0.29, 0.717) is 11.6 Å². The minimum atomic E-state index is -1.16. The smallest absolute Gasteiger partial charge is 0.322 e. The highest BCUT2D eigenvalue weighted by atomic mass is 32.2. The summed E-state index contributed by atoms with van der Waals surface area (Å²) in [5.41, 5.74) is 0. The van der Waals surface area contributed by atoms with E-state index in [2.05, 4.69) is 0 Å². The van der Waals surface area contributed by atoms with E-state index in [0.717, 1.165) is 0 Å². The van der Waals surface area contributed by atoms with Gasteiger partial charge in [-0.05, 0) is 0 Å². The number of rotatable bonds is 2. The van der Waals surface area contributed by atoms with E-state index >= 15 is 0 Å². The fraction of sp³-hybridized carbons (Fsp3) is 0.800. The third-order valence-electron chi connectivity index (χ3n) is 1.46. The first-order valence-electron chi connectivity index (χ1n) is 3.03. The van der Waals surface area contributed by atoms with Gasteiger partial charge in [-0.2, -0.15) is 4.31 Å². The number of aliphatic carboxylic acids is 1. The number of carbonyl (C=O) groups is 1. The molecule has 1 aliphatic heterocycles. The number of thioether (sulfide) groups is 1. The van der Waals surface area contributed by atoms with Crippen LogP contribution in [0.2, 0.25) is 0 Å². The van der Waals surface area contributed by atoms with Crippen LogP contribution in [-0.2, 0) is 15.8 Å². The number of nitrogens with zero attached hydrogens (tertiary/aromatic N) is 1. The predicted octanol–water partition coefficient (Wildman–Crippen LogP) is -0.261. The maximum absolute atomic E-state index is 10.9. The van der Waals surface area contributed by atoms with Gasteiger partial charge in [0, 0.05) is 12.0 Å². The zero-order valence-electron chi connectivity index (χ0n) is 6.02. The van der Waals surface area contributed by atoms with Crippen LogP contribution in [0.3, 0.4) is 0 Å². The van der Waals surface area contributed by atoms with E-state index in [1.54, 1.807) is 0 Å². The summed E-state index contributed by atoms with van der Waals surface area (Å²) < 4.78 is 12.4. The molecule has 2 atom stereocenters. The van der Waals surface area contributed by atoms with Crippen LogP contribution in [0.1, 0.15) is 0 Å². The molecule has 0 aromatic heterocycles. The fourth-order valence-corrected chi connectivity index (χ4v) is 3.32. The Labute approximate surface area is 71.5 Å². The van der Waals surface area contributed by atoms with Gasteiger partial charge >= 0.3 is 5.97 Å². The highest BCUT2D eigenvalue weighted by molar-refractivity contribution is 8.00. The van der Waals surface area contributed by atoms with Crippen molar-refractivity contribution >= 4 is 28.7 Å². The van der Waals surface area contributed by atoms with Crippen molar-refractivity contribution in [2.75, 3.05) is 17.9 Å². The Bertz CT molecular complexity index is 176. The molecule has 0 aliphatic carbocycles. The molecule has 0 saturated carbocycles. The molecule has 1 rings (SSSR count). The Morgan fingerprint density at radius 1 is 1.82 bits per heavy atom. The van der Waals surface area contributed by atoms with Crippen LogP contribution in [0.5, 0.6) is 0 Å². The third-order valence-corrected chi connectivity index (χ3v) is 3.68. The first-order valence-corrected chi connectivity index (χ1v) is 5.70. The minimum Gasteiger partial charge on any atom is -0.480 e. The second-order valence-corrected chi connectivity index (χ2v) is 4.51. The molecule has 0 bridgehead atoms. The molecule has 1 heterocycles. The van der Waals surface area contributed by atoms with Gasteiger partial charge in [-0.3, -0.25) is 4.79 Å². The molecule has 1 saturated heterocycles. The number of hydrogen-bond donors (Lipinski definition) is 1. The molecule has 1 unspecified atom stereocenters. The second kappa shape index (κ2) is 3.55. The van der Waals surface area contributed by atoms with Crippen LogP contribution in [0.25, 0.3) is 0 Å². The summed E-state index contributed by atoms with van der Waals surface area (Å²) in [5.74, 6) is 0.208. The summed E-state index contributed by atoms with van der Waals surface area (Å²) in [6, 6.07) is -0.564. The van der Waals surface area contributed by atoms with Crippen molar-refractivity contribution < 1.29 is 14.1 Å². The number of hydrogen-bond acceptors (Lipinski definition) is 3. The molecular weight excluding hydrogens is 186 g/mol. The number of carboxylic acids is 1. The summed E-state index contributed by atoms with van der Waals surface area (Å²) in [6.45, 7) is 0. The molecule has 1 aliphatic rings. The third kappa shape index (κ3) is 1.94. The topological polar surface area (TPSA) is 57.6 Å². The standard InChI is InChI=1S/C5H9NO3S2/c1-11(9)6-3-10-2-4(6)5(7)8/h4H,2-3H2,1H3,(H,7,8)/t4-,11?/m0/s1. The van der Waals surface area contributed by atoms with Gasteiger partial charge in [0.25, 0.3) is 0 Å². The zero-order valence-corrected chi connectivity index (χ0v) is 7.65. The predicted molar refractivity (Wildman–Crippen MR) is 44.7 cm³/mol. The van der Waals surface area contributed by atoms with Gasteiger partial charge in [0.2, 0.25) is 0 Å². The van der Waals surface area contributed by atoms with Gasteiger partial charge < -0.3 is 5.11 Å². The Balaban J connectivity index is 2.65. The lowest BCUT2D eigenvalue weighted by atomic mass is 10.4. The summed E-state index contributed by atoms with van der Waals surface area (Å²) in [4.78, 5) is 10.5. The van der Waals surface area contributed by atoms with Gasteiger partial charge in [0.15, 0.2) is 0 Å². The fourth-order valence-electron chi connectivity index (χ4n) is 0.875. The molecular formula is C5H9NO3S2. The second-order valence-electron chi connectivity index (χ2n) is 2.19. The first kappa shape index (κ1) is 9.02. The molecule has 0 aromatic rings. The minimum absolute atomic E-state index is 0.537. The monoisotopic (exact) mass is 195 g/mol. The molecule has 6 heteroatoms. The SMILES string of the molecule is CS(=O)N1CSC[C@H]1C(=O)O. The van der Waals surface area contributed by atoms with Crippen molar-refractivity contribution in [3.8, 4) is 0 Å². The van der Waals surface area contributed by atoms with E-state index in [1.807, 2.05) is 0 Å². The first-order chi connectivity index (χ1) is 5.13. The normalized spacial score (nSPS) is 28.6. The summed E-state index contributed by atoms with van der Waals surface area (Å²) >= 11 is 1.50. The zero-order chi connectivity index (χ0) is 8.43. The lowest BCUT2D eigenvalue weighted by Gasteiger charge is -2.15. The molecule has 1 fully saturated rings. The van der Waals surface area contributed by atoms with Crippen LogP contribution in [-0.4, -0.2) is 43.5 Å². The van der Waals surface area contributed by atoms with E-state index in [4.69, 9.17) is 5.11 Å². The van der Waals surface area contributed by atoms with Crippen LogP contribution < -0.4 is 0 Å². The van der Waals surface area contributed by atoms with Crippen LogP contribution in [0.4, 0.5) is 0 Å². The Morgan fingerprint density at radius 3 is 2.82 bits per heavy atom. The molecule has 1 N–H and O–H groups in total. The van der Waals surface area contributed by atoms with Crippen LogP contribution >= 0.6 is 11.8 Å². The van der Waals surface area contributed by atoms with Crippen LogP contribution in [0, 0.1) is 0 Å². The van der Waals surface area contributed by atoms with Crippen molar-refractivity contribution in [3.05, 3.63) is 0 Å². The van der Waals surface area contributed by atoms with E-state index in [1.165, 1.54) is 22.3 Å². The highest BCUT2D eigenvalue weighted by Gasteiger charge is 2.33. The molecule has 4 nitrogen and oxygen atoms in total. The number of carboxylic acid groups (broad SMARTS) is 1. The van der Waals surface area contributed by atoms with Gasteiger partial charge in [-0.25, -0.2) is 4.21 Å². The van der Waals surface area contributed by atoms with E-state index < -0.39 is 23.0 Å². The van der Waals surface area contributed by atoms with Crippen molar-refractivity contribution in [2.24, 2.45) is 0 Å². The maximum Gasteiger partial charge on any atom is 0.322 e. The summed E-state index contributed by atoms with van der Waals surface area (Å²) in [5, 5.41) is 8.64. The molecule has 0 radical (unpaired) electrons. The van der Waals surface area contributed by atoms with Crippen LogP contribution in [0.15, 0.2) is 0 Å². The van der Waals surface area contributed by atoms with Crippen molar-refractivity contribution in [1.82, 2.24) is 4.31 Å². The quantitative estimate of drug-likeness (QED) is 0.659. The lowest BCUT2D eigenvalue weighted by Crippen LogP contribution is -2.38.